The van der Waals surface area contributed by atoms with Crippen LogP contribution >= 0.6 is 0 Å². The highest BCUT2D eigenvalue weighted by Gasteiger charge is 2.47. The van der Waals surface area contributed by atoms with Crippen molar-refractivity contribution >= 4 is 11.9 Å². The molecule has 0 spiro atoms. The number of aliphatic hydroxyl groups is 7. The normalized spacial score (nSPS) is 25.0. The van der Waals surface area contributed by atoms with Crippen LogP contribution in [0.4, 0.5) is 0 Å². The third-order valence-electron chi connectivity index (χ3n) is 14.2. The highest BCUT2D eigenvalue weighted by atomic mass is 16.7. The van der Waals surface area contributed by atoms with Gasteiger partial charge in [-0.05, 0) is 38.5 Å². The maximum Gasteiger partial charge on any atom is 0.306 e. The molecule has 424 valence electrons. The van der Waals surface area contributed by atoms with Crippen LogP contribution in [0.1, 0.15) is 245 Å². The molecule has 0 radical (unpaired) electrons. The molecule has 15 heteroatoms. The standard InChI is InChI=1S/C57H106O15/c1-3-5-7-9-11-13-15-17-19-20-21-22-23-24-26-27-29-31-33-35-37-39-48(59)67-42-45(70-49(60)40-38-36-34-32-30-28-25-18-16-14-12-10-8-6-4-2)43-68-56-55(66)53(64)51(62)47(72-56)44-69-57-54(65)52(63)50(61)46(41-58)71-57/h30,32,45-47,50-58,61-66H,3-29,31,33-44H2,1-2H3/b32-30+/t45-,46+,47+,50-,51-,52?,53?,54?,55?,56+,57+/m0/s1. The molecule has 0 aliphatic carbocycles. The van der Waals surface area contributed by atoms with E-state index in [4.69, 9.17) is 28.4 Å². The second-order valence-corrected chi connectivity index (χ2v) is 20.8. The van der Waals surface area contributed by atoms with E-state index in [0.717, 1.165) is 38.5 Å². The number of allylic oxidation sites excluding steroid dienone is 2. The molecule has 0 aromatic rings. The van der Waals surface area contributed by atoms with Crippen LogP contribution < -0.4 is 0 Å². The maximum absolute atomic E-state index is 13.0. The van der Waals surface area contributed by atoms with Crippen LogP contribution in [0.15, 0.2) is 12.2 Å². The van der Waals surface area contributed by atoms with Gasteiger partial charge in [0.2, 0.25) is 0 Å². The Morgan fingerprint density at radius 2 is 0.792 bits per heavy atom. The van der Waals surface area contributed by atoms with Crippen LogP contribution in [-0.2, 0) is 38.0 Å². The number of carbonyl (C=O) groups is 2. The van der Waals surface area contributed by atoms with Crippen molar-refractivity contribution in [3.63, 3.8) is 0 Å². The van der Waals surface area contributed by atoms with E-state index in [9.17, 15) is 45.3 Å². The second kappa shape index (κ2) is 44.4. The summed E-state index contributed by atoms with van der Waals surface area (Å²) in [6, 6.07) is 0. The fourth-order valence-corrected chi connectivity index (χ4v) is 9.45. The first-order chi connectivity index (χ1) is 35.0. The summed E-state index contributed by atoms with van der Waals surface area (Å²) in [5.41, 5.74) is 0. The lowest BCUT2D eigenvalue weighted by Gasteiger charge is -2.42. The maximum atomic E-state index is 13.0. The quantitative estimate of drug-likeness (QED) is 0.0171. The Morgan fingerprint density at radius 3 is 1.25 bits per heavy atom. The molecule has 15 nitrogen and oxygen atoms in total. The van der Waals surface area contributed by atoms with Crippen LogP contribution in [0.5, 0.6) is 0 Å². The number of rotatable bonds is 47. The SMILES string of the molecule is CCCCCCCCCCC/C=C/CCCCC(=O)O[C@@H](COC(=O)CCCCCCCCCCCCCCCCCCCCCCC)CO[C@@H]1O[C@H](CO[C@@H]2O[C@H](CO)[C@H](O)C(O)C2O)[C@H](O)C(O)C1O. The number of hydrogen-bond acceptors (Lipinski definition) is 15. The zero-order chi connectivity index (χ0) is 52.4. The highest BCUT2D eigenvalue weighted by molar-refractivity contribution is 5.70. The minimum atomic E-state index is -1.76. The van der Waals surface area contributed by atoms with Gasteiger partial charge in [0.25, 0.3) is 0 Å². The highest BCUT2D eigenvalue weighted by Crippen LogP contribution is 2.27. The number of esters is 2. The minimum absolute atomic E-state index is 0.140. The number of aliphatic hydroxyl groups excluding tert-OH is 7. The van der Waals surface area contributed by atoms with Crippen LogP contribution in [-0.4, -0.2) is 142 Å². The molecule has 0 saturated carbocycles. The van der Waals surface area contributed by atoms with Gasteiger partial charge >= 0.3 is 11.9 Å². The molecule has 4 unspecified atom stereocenters. The summed E-state index contributed by atoms with van der Waals surface area (Å²) in [6.07, 6.45) is 29.6. The van der Waals surface area contributed by atoms with Gasteiger partial charge in [-0.3, -0.25) is 9.59 Å². The van der Waals surface area contributed by atoms with Crippen LogP contribution in [0.3, 0.4) is 0 Å². The molecular weight excluding hydrogens is 925 g/mol. The van der Waals surface area contributed by atoms with Crippen LogP contribution in [0, 0.1) is 0 Å². The van der Waals surface area contributed by atoms with E-state index in [1.807, 2.05) is 0 Å². The van der Waals surface area contributed by atoms with Gasteiger partial charge in [0.05, 0.1) is 19.8 Å². The molecule has 2 rings (SSSR count). The smallest absolute Gasteiger partial charge is 0.306 e. The first-order valence-electron chi connectivity index (χ1n) is 29.3. The molecule has 0 aromatic carbocycles. The Morgan fingerprint density at radius 1 is 0.431 bits per heavy atom. The van der Waals surface area contributed by atoms with E-state index in [1.165, 1.54) is 167 Å². The molecule has 2 saturated heterocycles. The van der Waals surface area contributed by atoms with Gasteiger partial charge in [-0.25, -0.2) is 0 Å². The number of carbonyl (C=O) groups excluding carboxylic acids is 2. The Labute approximate surface area is 435 Å². The van der Waals surface area contributed by atoms with Crippen molar-refractivity contribution in [2.45, 2.75) is 313 Å². The molecular formula is C57H106O15. The molecule has 0 amide bonds. The lowest BCUT2D eigenvalue weighted by molar-refractivity contribution is -0.332. The predicted molar refractivity (Wildman–Crippen MR) is 280 cm³/mol. The van der Waals surface area contributed by atoms with Gasteiger partial charge in [0.15, 0.2) is 18.7 Å². The fourth-order valence-electron chi connectivity index (χ4n) is 9.45. The average molecular weight is 1030 g/mol. The fraction of sp³-hybridized carbons (Fsp3) is 0.930. The largest absolute Gasteiger partial charge is 0.462 e. The molecule has 0 bridgehead atoms. The summed E-state index contributed by atoms with van der Waals surface area (Å²) in [4.78, 5) is 25.9. The molecule has 2 heterocycles. The summed E-state index contributed by atoms with van der Waals surface area (Å²) < 4.78 is 33.7. The molecule has 2 aliphatic rings. The molecule has 2 aliphatic heterocycles. The molecule has 2 fully saturated rings. The monoisotopic (exact) mass is 1030 g/mol. The van der Waals surface area contributed by atoms with Gasteiger partial charge in [-0.15, -0.1) is 0 Å². The van der Waals surface area contributed by atoms with Crippen molar-refractivity contribution in [3.8, 4) is 0 Å². The average Bonchev–Trinajstić information content (AvgIpc) is 3.37. The van der Waals surface area contributed by atoms with Crippen molar-refractivity contribution in [1.82, 2.24) is 0 Å². The predicted octanol–water partition coefficient (Wildman–Crippen LogP) is 9.72. The topological polar surface area (TPSA) is 231 Å². The van der Waals surface area contributed by atoms with Crippen molar-refractivity contribution < 1.29 is 73.8 Å². The molecule has 72 heavy (non-hydrogen) atoms. The Bertz CT molecular complexity index is 1300. The van der Waals surface area contributed by atoms with E-state index in [-0.39, 0.29) is 26.1 Å². The van der Waals surface area contributed by atoms with E-state index in [1.54, 1.807) is 0 Å². The van der Waals surface area contributed by atoms with Crippen LogP contribution in [0.2, 0.25) is 0 Å². The van der Waals surface area contributed by atoms with Gasteiger partial charge in [0.1, 0.15) is 55.4 Å². The van der Waals surface area contributed by atoms with E-state index in [2.05, 4.69) is 26.0 Å². The molecule has 7 N–H and O–H groups in total. The Hall–Kier alpha value is -1.76. The lowest BCUT2D eigenvalue weighted by atomic mass is 9.98. The van der Waals surface area contributed by atoms with Crippen molar-refractivity contribution in [2.75, 3.05) is 26.4 Å². The number of ether oxygens (including phenoxy) is 6. The summed E-state index contributed by atoms with van der Waals surface area (Å²) >= 11 is 0. The lowest BCUT2D eigenvalue weighted by Crippen LogP contribution is -2.61. The zero-order valence-electron chi connectivity index (χ0n) is 45.2. The first kappa shape index (κ1) is 66.4. The van der Waals surface area contributed by atoms with Gasteiger partial charge < -0.3 is 64.2 Å². The van der Waals surface area contributed by atoms with Crippen LogP contribution in [0.25, 0.3) is 0 Å². The minimum Gasteiger partial charge on any atom is -0.462 e. The summed E-state index contributed by atoms with van der Waals surface area (Å²) in [5.74, 6) is -0.935. The van der Waals surface area contributed by atoms with E-state index < -0.39 is 92.7 Å². The van der Waals surface area contributed by atoms with Gasteiger partial charge in [-0.2, -0.15) is 0 Å². The third-order valence-corrected chi connectivity index (χ3v) is 14.2. The van der Waals surface area contributed by atoms with Gasteiger partial charge in [-0.1, -0.05) is 206 Å². The third kappa shape index (κ3) is 31.3. The van der Waals surface area contributed by atoms with Crippen molar-refractivity contribution in [2.24, 2.45) is 0 Å². The van der Waals surface area contributed by atoms with E-state index in [0.29, 0.717) is 12.8 Å². The second-order valence-electron chi connectivity index (χ2n) is 20.8. The van der Waals surface area contributed by atoms with Crippen molar-refractivity contribution in [1.29, 1.82) is 0 Å². The Kier molecular flexibility index (Phi) is 40.9. The summed E-state index contributed by atoms with van der Waals surface area (Å²) in [6.45, 7) is 2.62. The first-order valence-corrected chi connectivity index (χ1v) is 29.3. The molecule has 11 atom stereocenters. The number of hydrogen-bond donors (Lipinski definition) is 7. The number of unbranched alkanes of at least 4 members (excludes halogenated alkanes) is 31. The van der Waals surface area contributed by atoms with E-state index >= 15 is 0 Å². The summed E-state index contributed by atoms with van der Waals surface area (Å²) in [5, 5.41) is 72.2. The van der Waals surface area contributed by atoms with Crippen molar-refractivity contribution in [3.05, 3.63) is 12.2 Å². The van der Waals surface area contributed by atoms with Gasteiger partial charge in [0, 0.05) is 12.8 Å². The molecule has 0 aromatic heterocycles. The Balaban J connectivity index is 1.74. The zero-order valence-corrected chi connectivity index (χ0v) is 45.2. The summed E-state index contributed by atoms with van der Waals surface area (Å²) in [7, 11) is 0.